The molecule has 11 rings (SSSR count). The number of hydrogen-bond acceptors (Lipinski definition) is 4. The van der Waals surface area contributed by atoms with Crippen molar-refractivity contribution in [2.24, 2.45) is 0 Å². The SMILES string of the molecule is Cc1ccc(N(c2cc(C)cc(C)c2)c2ccc3cc4c(cc3c2)oc2cc3oc5cc6cc(N(c7ccc(C)cc7)c7cc(C)cc(C)c7)ccc6cc5c3c(C)c24)cc1. The smallest absolute Gasteiger partial charge is 0.139 e. The minimum Gasteiger partial charge on any atom is -0.456 e. The zero-order valence-electron chi connectivity index (χ0n) is 35.6. The van der Waals surface area contributed by atoms with Gasteiger partial charge in [-0.05, 0) is 195 Å². The Balaban J connectivity index is 1.02. The van der Waals surface area contributed by atoms with Crippen LogP contribution in [0.15, 0.2) is 160 Å². The van der Waals surface area contributed by atoms with Gasteiger partial charge in [-0.1, -0.05) is 59.7 Å². The summed E-state index contributed by atoms with van der Waals surface area (Å²) in [6.45, 7) is 15.1. The molecule has 61 heavy (non-hydrogen) atoms. The predicted octanol–water partition coefficient (Wildman–Crippen LogP) is 16.9. The van der Waals surface area contributed by atoms with Crippen LogP contribution >= 0.6 is 0 Å². The van der Waals surface area contributed by atoms with Gasteiger partial charge < -0.3 is 18.6 Å². The van der Waals surface area contributed by atoms with Gasteiger partial charge in [0.2, 0.25) is 0 Å². The molecule has 0 aliphatic rings. The highest BCUT2D eigenvalue weighted by Gasteiger charge is 2.21. The van der Waals surface area contributed by atoms with Crippen molar-refractivity contribution in [2.45, 2.75) is 48.5 Å². The summed E-state index contributed by atoms with van der Waals surface area (Å²) in [7, 11) is 0. The number of anilines is 6. The summed E-state index contributed by atoms with van der Waals surface area (Å²) in [4.78, 5) is 4.70. The summed E-state index contributed by atoms with van der Waals surface area (Å²) in [6, 6.07) is 55.6. The quantitative estimate of drug-likeness (QED) is 0.168. The summed E-state index contributed by atoms with van der Waals surface area (Å²) < 4.78 is 13.4. The first-order chi connectivity index (χ1) is 29.5. The van der Waals surface area contributed by atoms with Crippen LogP contribution in [0.4, 0.5) is 34.1 Å². The fourth-order valence-electron chi connectivity index (χ4n) is 9.63. The Kier molecular flexibility index (Phi) is 8.37. The maximum atomic E-state index is 6.71. The second kappa shape index (κ2) is 13.9. The third kappa shape index (κ3) is 6.29. The molecule has 0 amide bonds. The largest absolute Gasteiger partial charge is 0.456 e. The van der Waals surface area contributed by atoms with Crippen molar-refractivity contribution in [1.29, 1.82) is 0 Å². The van der Waals surface area contributed by atoms with Gasteiger partial charge in [-0.15, -0.1) is 0 Å². The molecule has 0 saturated carbocycles. The molecule has 0 unspecified atom stereocenters. The molecule has 4 heteroatoms. The van der Waals surface area contributed by atoms with Crippen LogP contribution in [0.1, 0.15) is 38.9 Å². The van der Waals surface area contributed by atoms with E-state index in [9.17, 15) is 0 Å². The lowest BCUT2D eigenvalue weighted by molar-refractivity contribution is 0.656. The first kappa shape index (κ1) is 36.8. The summed E-state index contributed by atoms with van der Waals surface area (Å²) in [6.07, 6.45) is 0. The van der Waals surface area contributed by atoms with Crippen molar-refractivity contribution in [3.63, 3.8) is 0 Å². The Bertz CT molecular complexity index is 3280. The van der Waals surface area contributed by atoms with E-state index >= 15 is 0 Å². The lowest BCUT2D eigenvalue weighted by Gasteiger charge is -2.26. The third-order valence-electron chi connectivity index (χ3n) is 12.4. The predicted molar refractivity (Wildman–Crippen MR) is 259 cm³/mol. The van der Waals surface area contributed by atoms with E-state index in [1.165, 1.54) is 44.2 Å². The van der Waals surface area contributed by atoms with E-state index < -0.39 is 0 Å². The van der Waals surface area contributed by atoms with Gasteiger partial charge in [-0.2, -0.15) is 0 Å². The number of rotatable bonds is 6. The molecule has 0 N–H and O–H groups in total. The number of fused-ring (bicyclic) bond motifs is 8. The molecule has 0 radical (unpaired) electrons. The highest BCUT2D eigenvalue weighted by atomic mass is 16.3. The van der Waals surface area contributed by atoms with Crippen LogP contribution in [0, 0.1) is 48.5 Å². The maximum Gasteiger partial charge on any atom is 0.139 e. The van der Waals surface area contributed by atoms with Crippen molar-refractivity contribution < 1.29 is 8.83 Å². The van der Waals surface area contributed by atoms with Crippen molar-refractivity contribution in [3.8, 4) is 0 Å². The van der Waals surface area contributed by atoms with E-state index in [0.717, 1.165) is 94.3 Å². The first-order valence-electron chi connectivity index (χ1n) is 21.1. The number of hydrogen-bond donors (Lipinski definition) is 0. The molecule has 0 atom stereocenters. The summed E-state index contributed by atoms with van der Waals surface area (Å²) >= 11 is 0. The number of nitrogens with zero attached hydrogens (tertiary/aromatic N) is 2. The summed E-state index contributed by atoms with van der Waals surface area (Å²) in [5, 5.41) is 9.08. The number of benzene rings is 9. The fourth-order valence-corrected chi connectivity index (χ4v) is 9.63. The van der Waals surface area contributed by atoms with E-state index in [4.69, 9.17) is 8.83 Å². The van der Waals surface area contributed by atoms with E-state index in [2.05, 4.69) is 210 Å². The van der Waals surface area contributed by atoms with E-state index in [0.29, 0.717) is 0 Å². The lowest BCUT2D eigenvalue weighted by Crippen LogP contribution is -2.10. The van der Waals surface area contributed by atoms with Crippen LogP contribution in [-0.4, -0.2) is 0 Å². The Morgan fingerprint density at radius 2 is 0.656 bits per heavy atom. The minimum absolute atomic E-state index is 0.833. The highest BCUT2D eigenvalue weighted by molar-refractivity contribution is 6.21. The van der Waals surface area contributed by atoms with Gasteiger partial charge in [-0.25, -0.2) is 0 Å². The fraction of sp³-hybridized carbons (Fsp3) is 0.123. The standard InChI is InChI=1S/C57H46N2O2/c1-33-8-14-44(15-9-33)58(48-22-35(3)20-36(4)23-48)46-18-12-40-28-50-52(30-42(40)26-46)60-54-32-55-57(39(7)56(50)54)51-29-41-13-19-47(27-43(41)31-53(51)61-55)59(45-16-10-34(2)11-17-45)49-24-37(5)21-38(6)25-49/h8-32H,1-7H3. The van der Waals surface area contributed by atoms with Crippen LogP contribution in [0.2, 0.25) is 0 Å². The van der Waals surface area contributed by atoms with Crippen LogP contribution in [-0.2, 0) is 0 Å². The topological polar surface area (TPSA) is 32.8 Å². The molecule has 9 aromatic carbocycles. The second-order valence-corrected chi connectivity index (χ2v) is 17.2. The zero-order valence-corrected chi connectivity index (χ0v) is 35.6. The van der Waals surface area contributed by atoms with Crippen molar-refractivity contribution >= 4 is 99.5 Å². The third-order valence-corrected chi connectivity index (χ3v) is 12.4. The minimum atomic E-state index is 0.833. The van der Waals surface area contributed by atoms with Crippen molar-refractivity contribution in [2.75, 3.05) is 9.80 Å². The molecule has 2 heterocycles. The van der Waals surface area contributed by atoms with Gasteiger partial charge in [0.1, 0.15) is 22.3 Å². The molecule has 0 bridgehead atoms. The second-order valence-electron chi connectivity index (χ2n) is 17.2. The van der Waals surface area contributed by atoms with Gasteiger partial charge in [0.25, 0.3) is 0 Å². The molecule has 0 saturated heterocycles. The molecule has 2 aromatic heterocycles. The van der Waals surface area contributed by atoms with E-state index in [1.54, 1.807) is 0 Å². The summed E-state index contributed by atoms with van der Waals surface area (Å²) in [5.41, 5.74) is 18.7. The van der Waals surface area contributed by atoms with Gasteiger partial charge in [-0.3, -0.25) is 0 Å². The first-order valence-corrected chi connectivity index (χ1v) is 21.1. The molecule has 11 aromatic rings. The average molecular weight is 791 g/mol. The van der Waals surface area contributed by atoms with Crippen LogP contribution in [0.5, 0.6) is 0 Å². The normalized spacial score (nSPS) is 11.9. The van der Waals surface area contributed by atoms with Gasteiger partial charge in [0.15, 0.2) is 0 Å². The summed E-state index contributed by atoms with van der Waals surface area (Å²) in [5.74, 6) is 0. The van der Waals surface area contributed by atoms with Gasteiger partial charge in [0, 0.05) is 61.7 Å². The Morgan fingerprint density at radius 1 is 0.279 bits per heavy atom. The molecular weight excluding hydrogens is 745 g/mol. The van der Waals surface area contributed by atoms with Crippen LogP contribution in [0.3, 0.4) is 0 Å². The maximum absolute atomic E-state index is 6.71. The Hall–Kier alpha value is -7.30. The monoisotopic (exact) mass is 790 g/mol. The van der Waals surface area contributed by atoms with Crippen LogP contribution in [0.25, 0.3) is 65.4 Å². The molecule has 0 aliphatic carbocycles. The molecule has 0 aliphatic heterocycles. The lowest BCUT2D eigenvalue weighted by atomic mass is 9.98. The van der Waals surface area contributed by atoms with Crippen LogP contribution < -0.4 is 9.80 Å². The number of furan rings is 2. The van der Waals surface area contributed by atoms with Gasteiger partial charge in [0.05, 0.1) is 0 Å². The Morgan fingerprint density at radius 3 is 1.05 bits per heavy atom. The average Bonchev–Trinajstić information content (AvgIpc) is 3.77. The van der Waals surface area contributed by atoms with E-state index in [1.807, 2.05) is 0 Å². The van der Waals surface area contributed by atoms with Crippen molar-refractivity contribution in [3.05, 3.63) is 191 Å². The zero-order chi connectivity index (χ0) is 41.7. The molecule has 4 nitrogen and oxygen atoms in total. The molecule has 0 fully saturated rings. The Labute approximate surface area is 355 Å². The molecule has 296 valence electrons. The molecular formula is C57H46N2O2. The number of aryl methyl sites for hydroxylation is 7. The van der Waals surface area contributed by atoms with Crippen molar-refractivity contribution in [1.82, 2.24) is 0 Å². The molecule has 0 spiro atoms. The highest BCUT2D eigenvalue weighted by Crippen LogP contribution is 2.44. The van der Waals surface area contributed by atoms with E-state index in [-0.39, 0.29) is 0 Å². The van der Waals surface area contributed by atoms with Gasteiger partial charge >= 0.3 is 0 Å².